The first-order valence-electron chi connectivity index (χ1n) is 3.84. The van der Waals surface area contributed by atoms with Gasteiger partial charge in [-0.25, -0.2) is 0 Å². The Morgan fingerprint density at radius 3 is 2.58 bits per heavy atom. The van der Waals surface area contributed by atoms with Crippen LogP contribution in [0.15, 0.2) is 58.9 Å². The van der Waals surface area contributed by atoms with Gasteiger partial charge in [-0.05, 0) is 30.0 Å². The molecule has 0 unspecified atom stereocenters. The molecular weight excluding hydrogens is 164 g/mol. The van der Waals surface area contributed by atoms with E-state index >= 15 is 0 Å². The van der Waals surface area contributed by atoms with E-state index in [9.17, 15) is 0 Å². The number of allylic oxidation sites excluding steroid dienone is 2. The fourth-order valence-electron chi connectivity index (χ4n) is 0.708. The highest BCUT2D eigenvalue weighted by atomic mass is 32.2. The average Bonchev–Trinajstić information content (AvgIpc) is 2.16. The lowest BCUT2D eigenvalue weighted by Gasteiger charge is -1.94. The SMILES string of the molecule is C=C/C(C)=C\Sc1ccccc1. The number of hydrogen-bond acceptors (Lipinski definition) is 1. The summed E-state index contributed by atoms with van der Waals surface area (Å²) in [7, 11) is 0. The number of benzene rings is 1. The molecule has 0 amide bonds. The van der Waals surface area contributed by atoms with Gasteiger partial charge >= 0.3 is 0 Å². The lowest BCUT2D eigenvalue weighted by atomic mass is 10.4. The number of thioether (sulfide) groups is 1. The minimum atomic E-state index is 1.20. The van der Waals surface area contributed by atoms with Crippen LogP contribution in [0.2, 0.25) is 0 Å². The smallest absolute Gasteiger partial charge is 0.0116 e. The van der Waals surface area contributed by atoms with E-state index in [1.165, 1.54) is 10.5 Å². The molecule has 1 heteroatoms. The average molecular weight is 176 g/mol. The molecule has 1 aromatic carbocycles. The molecule has 0 atom stereocenters. The Bertz CT molecular complexity index is 272. The van der Waals surface area contributed by atoms with Gasteiger partial charge in [-0.2, -0.15) is 0 Å². The van der Waals surface area contributed by atoms with Crippen molar-refractivity contribution in [2.24, 2.45) is 0 Å². The molecule has 12 heavy (non-hydrogen) atoms. The molecule has 0 aliphatic rings. The van der Waals surface area contributed by atoms with Crippen LogP contribution in [0.1, 0.15) is 6.92 Å². The van der Waals surface area contributed by atoms with Crippen LogP contribution in [0.25, 0.3) is 0 Å². The van der Waals surface area contributed by atoms with E-state index in [1.807, 2.05) is 31.2 Å². The number of rotatable bonds is 3. The standard InChI is InChI=1S/C11H12S/c1-3-10(2)9-12-11-7-5-4-6-8-11/h3-9H,1H2,2H3/b10-9-. The van der Waals surface area contributed by atoms with Crippen molar-refractivity contribution in [2.45, 2.75) is 11.8 Å². The van der Waals surface area contributed by atoms with Crippen molar-refractivity contribution in [2.75, 3.05) is 0 Å². The van der Waals surface area contributed by atoms with Crippen LogP contribution in [-0.2, 0) is 0 Å². The van der Waals surface area contributed by atoms with E-state index in [0.717, 1.165) is 0 Å². The Kier molecular flexibility index (Phi) is 3.68. The Labute approximate surface area is 78.0 Å². The summed E-state index contributed by atoms with van der Waals surface area (Å²) in [6, 6.07) is 10.3. The third kappa shape index (κ3) is 2.97. The van der Waals surface area contributed by atoms with Crippen molar-refractivity contribution < 1.29 is 0 Å². The third-order valence-corrected chi connectivity index (χ3v) is 2.48. The Morgan fingerprint density at radius 2 is 2.00 bits per heavy atom. The predicted octanol–water partition coefficient (Wildman–Crippen LogP) is 3.87. The third-order valence-electron chi connectivity index (χ3n) is 1.45. The lowest BCUT2D eigenvalue weighted by Crippen LogP contribution is -1.66. The van der Waals surface area contributed by atoms with Gasteiger partial charge in [0.05, 0.1) is 0 Å². The molecule has 0 N–H and O–H groups in total. The molecule has 0 spiro atoms. The second-order valence-corrected chi connectivity index (χ2v) is 3.44. The van der Waals surface area contributed by atoms with Gasteiger partial charge in [-0.3, -0.25) is 0 Å². The van der Waals surface area contributed by atoms with Crippen LogP contribution in [0.4, 0.5) is 0 Å². The van der Waals surface area contributed by atoms with Crippen LogP contribution in [0.5, 0.6) is 0 Å². The summed E-state index contributed by atoms with van der Waals surface area (Å²) in [6.07, 6.45) is 1.86. The van der Waals surface area contributed by atoms with Crippen molar-refractivity contribution >= 4 is 11.8 Å². The highest BCUT2D eigenvalue weighted by molar-refractivity contribution is 8.02. The molecule has 0 aliphatic carbocycles. The Balaban J connectivity index is 2.60. The second-order valence-electron chi connectivity index (χ2n) is 2.50. The van der Waals surface area contributed by atoms with Crippen molar-refractivity contribution in [3.8, 4) is 0 Å². The van der Waals surface area contributed by atoms with Crippen LogP contribution < -0.4 is 0 Å². The Morgan fingerprint density at radius 1 is 1.33 bits per heavy atom. The van der Waals surface area contributed by atoms with Gasteiger partial charge in [0.1, 0.15) is 0 Å². The van der Waals surface area contributed by atoms with E-state index in [-0.39, 0.29) is 0 Å². The molecule has 62 valence electrons. The second kappa shape index (κ2) is 4.83. The van der Waals surface area contributed by atoms with Crippen molar-refractivity contribution in [1.29, 1.82) is 0 Å². The van der Waals surface area contributed by atoms with E-state index in [1.54, 1.807) is 11.8 Å². The summed E-state index contributed by atoms with van der Waals surface area (Å²) >= 11 is 1.72. The van der Waals surface area contributed by atoms with Gasteiger partial charge in [-0.15, -0.1) is 0 Å². The van der Waals surface area contributed by atoms with Crippen LogP contribution >= 0.6 is 11.8 Å². The van der Waals surface area contributed by atoms with E-state index < -0.39 is 0 Å². The predicted molar refractivity (Wildman–Crippen MR) is 56.3 cm³/mol. The van der Waals surface area contributed by atoms with Crippen LogP contribution in [0.3, 0.4) is 0 Å². The fourth-order valence-corrected chi connectivity index (χ4v) is 1.44. The molecule has 0 bridgehead atoms. The van der Waals surface area contributed by atoms with Gasteiger partial charge in [0.15, 0.2) is 0 Å². The lowest BCUT2D eigenvalue weighted by molar-refractivity contribution is 1.47. The Hall–Kier alpha value is -0.950. The highest BCUT2D eigenvalue weighted by Gasteiger charge is 1.87. The molecule has 0 saturated heterocycles. The van der Waals surface area contributed by atoms with Crippen LogP contribution in [0, 0.1) is 0 Å². The summed E-state index contributed by atoms with van der Waals surface area (Å²) in [5.41, 5.74) is 1.20. The maximum absolute atomic E-state index is 3.69. The summed E-state index contributed by atoms with van der Waals surface area (Å²) in [6.45, 7) is 5.74. The highest BCUT2D eigenvalue weighted by Crippen LogP contribution is 2.19. The zero-order valence-corrected chi connectivity index (χ0v) is 7.97. The van der Waals surface area contributed by atoms with Gasteiger partial charge in [-0.1, -0.05) is 42.6 Å². The zero-order chi connectivity index (χ0) is 8.81. The van der Waals surface area contributed by atoms with E-state index in [4.69, 9.17) is 0 Å². The molecule has 0 radical (unpaired) electrons. The fraction of sp³-hybridized carbons (Fsp3) is 0.0909. The molecule has 0 heterocycles. The first-order chi connectivity index (χ1) is 5.83. The first kappa shape index (κ1) is 9.14. The molecular formula is C11H12S. The summed E-state index contributed by atoms with van der Waals surface area (Å²) in [5, 5.41) is 2.10. The monoisotopic (exact) mass is 176 g/mol. The van der Waals surface area contributed by atoms with E-state index in [2.05, 4.69) is 24.1 Å². The van der Waals surface area contributed by atoms with Gasteiger partial charge < -0.3 is 0 Å². The maximum Gasteiger partial charge on any atom is 0.0116 e. The molecule has 0 nitrogen and oxygen atoms in total. The molecule has 0 saturated carbocycles. The largest absolute Gasteiger partial charge is 0.0988 e. The van der Waals surface area contributed by atoms with Crippen molar-refractivity contribution in [3.05, 3.63) is 54.0 Å². The maximum atomic E-state index is 3.69. The van der Waals surface area contributed by atoms with Crippen LogP contribution in [-0.4, -0.2) is 0 Å². The normalized spacial score (nSPS) is 11.2. The summed E-state index contributed by atoms with van der Waals surface area (Å²) in [5.74, 6) is 0. The number of hydrogen-bond donors (Lipinski definition) is 0. The molecule has 1 aromatic rings. The van der Waals surface area contributed by atoms with E-state index in [0.29, 0.717) is 0 Å². The minimum absolute atomic E-state index is 1.20. The topological polar surface area (TPSA) is 0 Å². The molecule has 0 fully saturated rings. The summed E-state index contributed by atoms with van der Waals surface area (Å²) in [4.78, 5) is 1.26. The molecule has 1 rings (SSSR count). The molecule has 0 aliphatic heterocycles. The quantitative estimate of drug-likeness (QED) is 0.497. The van der Waals surface area contributed by atoms with Crippen molar-refractivity contribution in [1.82, 2.24) is 0 Å². The van der Waals surface area contributed by atoms with Gasteiger partial charge in [0, 0.05) is 4.90 Å². The van der Waals surface area contributed by atoms with Crippen molar-refractivity contribution in [3.63, 3.8) is 0 Å². The summed E-state index contributed by atoms with van der Waals surface area (Å²) < 4.78 is 0. The van der Waals surface area contributed by atoms with Gasteiger partial charge in [0.2, 0.25) is 0 Å². The minimum Gasteiger partial charge on any atom is -0.0988 e. The first-order valence-corrected chi connectivity index (χ1v) is 4.72. The van der Waals surface area contributed by atoms with Gasteiger partial charge in [0.25, 0.3) is 0 Å². The molecule has 0 aromatic heterocycles. The zero-order valence-electron chi connectivity index (χ0n) is 7.16.